The Bertz CT molecular complexity index is 2920. The molecule has 18 nitrogen and oxygen atoms in total. The normalized spacial score (nSPS) is 13.3. The molecule has 1 amide bonds. The van der Waals surface area contributed by atoms with Gasteiger partial charge in [0, 0.05) is 31.7 Å². The van der Waals surface area contributed by atoms with Gasteiger partial charge in [-0.2, -0.15) is 9.10 Å². The molecule has 7 rings (SSSR count). The minimum absolute atomic E-state index is 0.00922. The molecular weight excluding hydrogens is 891 g/mol. The second-order valence-electron chi connectivity index (χ2n) is 16.4. The van der Waals surface area contributed by atoms with E-state index in [0.717, 1.165) is 15.9 Å². The molecule has 3 N–H and O–H groups in total. The zero-order chi connectivity index (χ0) is 47.6. The zero-order valence-electron chi connectivity index (χ0n) is 37.0. The van der Waals surface area contributed by atoms with Crippen molar-refractivity contribution >= 4 is 37.6 Å². The minimum Gasteiger partial charge on any atom is -0.497 e. The highest BCUT2D eigenvalue weighted by Gasteiger charge is 2.46. The van der Waals surface area contributed by atoms with Crippen molar-refractivity contribution < 1.29 is 50.5 Å². The summed E-state index contributed by atoms with van der Waals surface area (Å²) in [4.78, 5) is 26.5. The van der Waals surface area contributed by atoms with Crippen molar-refractivity contribution in [2.24, 2.45) is 0 Å². The second-order valence-corrected chi connectivity index (χ2v) is 20.5. The number of hydrogen-bond acceptors (Lipinski definition) is 14. The fourth-order valence-electron chi connectivity index (χ4n) is 7.29. The number of hydrogen-bond donors (Lipinski definition) is 2. The molecular formula is C46H49N7O11S2. The minimum atomic E-state index is -5.02. The topological polar surface area (TPSA) is 236 Å². The second kappa shape index (κ2) is 18.8. The van der Waals surface area contributed by atoms with Crippen molar-refractivity contribution in [1.82, 2.24) is 29.4 Å². The number of carboxylic acids is 1. The van der Waals surface area contributed by atoms with Crippen LogP contribution in [0.4, 0.5) is 10.5 Å². The van der Waals surface area contributed by atoms with Crippen molar-refractivity contribution in [2.75, 3.05) is 40.2 Å². The fraction of sp³-hybridized carbons (Fsp3) is 0.283. The van der Waals surface area contributed by atoms with Gasteiger partial charge in [-0.1, -0.05) is 54.6 Å². The molecule has 0 unspecified atom stereocenters. The van der Waals surface area contributed by atoms with Gasteiger partial charge in [-0.15, -0.1) is 10.2 Å². The smallest absolute Gasteiger partial charge is 0.410 e. The van der Waals surface area contributed by atoms with Gasteiger partial charge in [0.1, 0.15) is 33.0 Å². The third-order valence-corrected chi connectivity index (χ3v) is 14.9. The lowest BCUT2D eigenvalue weighted by molar-refractivity contribution is 0.0138. The summed E-state index contributed by atoms with van der Waals surface area (Å²) in [7, 11) is -5.13. The van der Waals surface area contributed by atoms with Gasteiger partial charge < -0.3 is 34.7 Å². The number of aromatic nitrogens is 4. The first-order chi connectivity index (χ1) is 31.3. The number of methoxy groups -OCH3 is 3. The number of carbonyl (C=O) groups excluding carboxylic acids is 1. The molecule has 0 radical (unpaired) electrons. The van der Waals surface area contributed by atoms with E-state index >= 15 is 16.8 Å². The van der Waals surface area contributed by atoms with Crippen LogP contribution in [0.1, 0.15) is 47.8 Å². The highest BCUT2D eigenvalue weighted by molar-refractivity contribution is 7.94. The first-order valence-corrected chi connectivity index (χ1v) is 23.5. The molecule has 1 aromatic heterocycles. The summed E-state index contributed by atoms with van der Waals surface area (Å²) in [5, 5.41) is 22.1. The van der Waals surface area contributed by atoms with Crippen molar-refractivity contribution in [2.45, 2.75) is 61.0 Å². The van der Waals surface area contributed by atoms with Crippen LogP contribution < -0.4 is 19.9 Å². The fourth-order valence-corrected chi connectivity index (χ4v) is 11.4. The first-order valence-electron chi connectivity index (χ1n) is 20.5. The number of para-hydroxylation sites is 1. The molecule has 1 fully saturated rings. The molecule has 1 aliphatic heterocycles. The molecule has 2 heterocycles. The highest BCUT2D eigenvalue weighted by Crippen LogP contribution is 2.45. The number of sulfone groups is 1. The number of sulfonamides is 1. The van der Waals surface area contributed by atoms with E-state index in [4.69, 9.17) is 24.7 Å². The summed E-state index contributed by atoms with van der Waals surface area (Å²) in [6.45, 7) is 4.01. The van der Waals surface area contributed by atoms with Crippen LogP contribution in [0.5, 0.6) is 17.2 Å². The lowest BCUT2D eigenvalue weighted by atomic mass is 9.95. The lowest BCUT2D eigenvalue weighted by Crippen LogP contribution is -2.57. The quantitative estimate of drug-likeness (QED) is 0.104. The van der Waals surface area contributed by atoms with Crippen molar-refractivity contribution in [3.8, 4) is 39.8 Å². The van der Waals surface area contributed by atoms with Gasteiger partial charge in [0.2, 0.25) is 15.8 Å². The predicted octanol–water partition coefficient (Wildman–Crippen LogP) is 6.15. The summed E-state index contributed by atoms with van der Waals surface area (Å²) in [6, 6.07) is 27.2. The maximum absolute atomic E-state index is 16.0. The van der Waals surface area contributed by atoms with Gasteiger partial charge in [-0.05, 0) is 96.8 Å². The van der Waals surface area contributed by atoms with Crippen LogP contribution >= 0.6 is 0 Å². The number of carboxylic acid groups (broad SMARTS) is 1. The first kappa shape index (κ1) is 46.9. The van der Waals surface area contributed by atoms with Crippen LogP contribution in [0, 0.1) is 0 Å². The molecule has 346 valence electrons. The number of aromatic carboxylic acids is 1. The Labute approximate surface area is 382 Å². The van der Waals surface area contributed by atoms with Crippen molar-refractivity contribution in [3.05, 3.63) is 125 Å². The zero-order valence-corrected chi connectivity index (χ0v) is 38.7. The van der Waals surface area contributed by atoms with Crippen LogP contribution in [0.15, 0.2) is 113 Å². The average molecular weight is 940 g/mol. The summed E-state index contributed by atoms with van der Waals surface area (Å²) in [5.74, 6) is 0.0117. The van der Waals surface area contributed by atoms with E-state index in [9.17, 15) is 14.7 Å². The van der Waals surface area contributed by atoms with Crippen molar-refractivity contribution in [1.29, 1.82) is 0 Å². The summed E-state index contributed by atoms with van der Waals surface area (Å²) in [6.07, 6.45) is -0.727. The Balaban J connectivity index is 1.49. The number of anilines is 1. The Kier molecular flexibility index (Phi) is 13.4. The number of carbonyl (C=O) groups is 2. The molecule has 0 bridgehead atoms. The number of tetrazole rings is 1. The number of nitrogen functional groups attached to an aromatic ring is 1. The maximum atomic E-state index is 16.0. The SMILES string of the molecule is COc1ccc(CN(Cc2ccc(OC)cc2)S(=O)(=O)c2c(S(=O)(=O)C3CN(C(=O)OC(C)(C)C)C3)ccc(-c3cccc(C(=O)O)c3N)c2-c2nnn(Cc3ccc(OC)cc3)n2)cc1. The van der Waals surface area contributed by atoms with E-state index in [-0.39, 0.29) is 66.5 Å². The molecule has 1 saturated heterocycles. The number of ether oxygens (including phenoxy) is 4. The number of nitrogens with two attached hydrogens (primary N) is 1. The van der Waals surface area contributed by atoms with E-state index in [2.05, 4.69) is 15.4 Å². The molecule has 1 aliphatic rings. The number of rotatable bonds is 16. The summed E-state index contributed by atoms with van der Waals surface area (Å²) >= 11 is 0. The summed E-state index contributed by atoms with van der Waals surface area (Å²) in [5.41, 5.74) is 6.75. The molecule has 66 heavy (non-hydrogen) atoms. The third-order valence-electron chi connectivity index (χ3n) is 10.8. The van der Waals surface area contributed by atoms with Crippen LogP contribution in [0.2, 0.25) is 0 Å². The average Bonchev–Trinajstić information content (AvgIpc) is 3.73. The molecule has 0 spiro atoms. The highest BCUT2D eigenvalue weighted by atomic mass is 32.2. The molecule has 0 saturated carbocycles. The van der Waals surface area contributed by atoms with Gasteiger partial charge in [-0.25, -0.2) is 26.4 Å². The number of amides is 1. The van der Waals surface area contributed by atoms with Crippen LogP contribution in [0.25, 0.3) is 22.5 Å². The van der Waals surface area contributed by atoms with Gasteiger partial charge >= 0.3 is 12.1 Å². The van der Waals surface area contributed by atoms with E-state index < -0.39 is 52.6 Å². The Morgan fingerprint density at radius 3 is 1.79 bits per heavy atom. The van der Waals surface area contributed by atoms with Gasteiger partial charge in [0.15, 0.2) is 9.84 Å². The van der Waals surface area contributed by atoms with Crippen LogP contribution in [-0.4, -0.2) is 109 Å². The van der Waals surface area contributed by atoms with Crippen LogP contribution in [-0.2, 0) is 44.2 Å². The van der Waals surface area contributed by atoms with E-state index in [1.807, 2.05) is 0 Å². The molecule has 0 atom stereocenters. The largest absolute Gasteiger partial charge is 0.497 e. The van der Waals surface area contributed by atoms with Crippen LogP contribution in [0.3, 0.4) is 0 Å². The monoisotopic (exact) mass is 939 g/mol. The summed E-state index contributed by atoms with van der Waals surface area (Å²) < 4.78 is 84.8. The standard InChI is InChI=1S/C46H49N7O11S2/c1-46(2,3)64-45(56)51-27-35(28-51)65(57,58)39-23-22-36(37-8-7-9-38(41(37)47)44(54)55)40(43-48-50-53(49-43)26-31-14-20-34(63-6)21-15-31)42(39)66(59,60)52(24-29-10-16-32(61-4)17-11-29)25-30-12-18-33(62-5)19-13-30/h7-23,35H,24-28,47H2,1-6H3,(H,54,55). The number of nitrogens with zero attached hydrogens (tertiary/aromatic N) is 6. The van der Waals surface area contributed by atoms with Crippen molar-refractivity contribution in [3.63, 3.8) is 0 Å². The Hall–Kier alpha value is -7.03. The lowest BCUT2D eigenvalue weighted by Gasteiger charge is -2.39. The molecule has 0 aliphatic carbocycles. The van der Waals surface area contributed by atoms with E-state index in [1.54, 1.807) is 93.6 Å². The molecule has 20 heteroatoms. The number of likely N-dealkylation sites (tertiary alicyclic amines) is 1. The van der Waals surface area contributed by atoms with Gasteiger partial charge in [0.25, 0.3) is 0 Å². The van der Waals surface area contributed by atoms with E-state index in [0.29, 0.717) is 28.4 Å². The van der Waals surface area contributed by atoms with E-state index in [1.165, 1.54) is 55.3 Å². The molecule has 6 aromatic rings. The maximum Gasteiger partial charge on any atom is 0.410 e. The van der Waals surface area contributed by atoms with Gasteiger partial charge in [-0.3, -0.25) is 0 Å². The Morgan fingerprint density at radius 1 is 0.758 bits per heavy atom. The predicted molar refractivity (Wildman–Crippen MR) is 243 cm³/mol. The Morgan fingerprint density at radius 2 is 1.29 bits per heavy atom. The number of benzene rings is 5. The third kappa shape index (κ3) is 9.94. The molecule has 5 aromatic carbocycles. The van der Waals surface area contributed by atoms with Gasteiger partial charge in [0.05, 0.1) is 49.6 Å².